The Morgan fingerprint density at radius 2 is 1.18 bits per heavy atom. The summed E-state index contributed by atoms with van der Waals surface area (Å²) in [5, 5.41) is 0. The molecule has 0 saturated heterocycles. The van der Waals surface area contributed by atoms with E-state index < -0.39 is 29.2 Å². The molecule has 3 aromatic carbocycles. The topological polar surface area (TPSA) is 0 Å². The molecule has 176 valence electrons. The van der Waals surface area contributed by atoms with E-state index in [-0.39, 0.29) is 11.1 Å². The van der Waals surface area contributed by atoms with Gasteiger partial charge >= 0.3 is 0 Å². The summed E-state index contributed by atoms with van der Waals surface area (Å²) in [5.74, 6) is -3.58. The van der Waals surface area contributed by atoms with E-state index in [0.717, 1.165) is 18.4 Å². The van der Waals surface area contributed by atoms with E-state index in [0.29, 0.717) is 36.0 Å². The van der Waals surface area contributed by atoms with Gasteiger partial charge in [-0.25, -0.2) is 17.6 Å². The van der Waals surface area contributed by atoms with E-state index in [4.69, 9.17) is 0 Å². The van der Waals surface area contributed by atoms with Crippen LogP contribution in [-0.2, 0) is 12.8 Å². The zero-order valence-electron chi connectivity index (χ0n) is 19.5. The molecule has 4 heteroatoms. The minimum atomic E-state index is -0.882. The third-order valence-electron chi connectivity index (χ3n) is 6.48. The molecule has 0 saturated carbocycles. The van der Waals surface area contributed by atoms with E-state index >= 15 is 0 Å². The zero-order chi connectivity index (χ0) is 24.2. The molecule has 0 bridgehead atoms. The van der Waals surface area contributed by atoms with Crippen LogP contribution in [-0.4, -0.2) is 0 Å². The van der Waals surface area contributed by atoms with Crippen molar-refractivity contribution in [3.05, 3.63) is 107 Å². The van der Waals surface area contributed by atoms with Crippen LogP contribution in [0.25, 0.3) is 22.3 Å². The molecule has 0 heterocycles. The van der Waals surface area contributed by atoms with Crippen molar-refractivity contribution in [3.63, 3.8) is 0 Å². The molecule has 3 aromatic rings. The molecule has 1 aliphatic rings. The van der Waals surface area contributed by atoms with Crippen molar-refractivity contribution in [1.29, 1.82) is 0 Å². The second-order valence-electron chi connectivity index (χ2n) is 8.96. The highest BCUT2D eigenvalue weighted by Gasteiger charge is 2.22. The molecule has 4 rings (SSSR count). The van der Waals surface area contributed by atoms with Gasteiger partial charge in [-0.1, -0.05) is 87.0 Å². The first kappa shape index (κ1) is 24.0. The molecule has 0 N–H and O–H groups in total. The lowest BCUT2D eigenvalue weighted by molar-refractivity contribution is 0.435. The fraction of sp³-hybridized carbons (Fsp3) is 0.267. The summed E-state index contributed by atoms with van der Waals surface area (Å²) in [5.41, 5.74) is 4.11. The molecule has 0 radical (unpaired) electrons. The number of rotatable bonds is 7. The Morgan fingerprint density at radius 3 is 1.68 bits per heavy atom. The largest absolute Gasteiger partial charge is 0.208 e. The van der Waals surface area contributed by atoms with Crippen molar-refractivity contribution in [2.75, 3.05) is 0 Å². The second kappa shape index (κ2) is 10.4. The van der Waals surface area contributed by atoms with Crippen LogP contribution in [0, 0.1) is 17.6 Å². The van der Waals surface area contributed by atoms with Crippen LogP contribution in [0.15, 0.2) is 84.0 Å². The molecule has 1 unspecified atom stereocenters. The fourth-order valence-corrected chi connectivity index (χ4v) is 4.36. The molecule has 0 aliphatic heterocycles. The highest BCUT2D eigenvalue weighted by Crippen LogP contribution is 2.35. The number of aryl methyl sites for hydroxylation is 2. The van der Waals surface area contributed by atoms with Gasteiger partial charge in [-0.05, 0) is 53.5 Å². The van der Waals surface area contributed by atoms with Crippen molar-refractivity contribution in [2.24, 2.45) is 5.92 Å². The van der Waals surface area contributed by atoms with E-state index in [1.54, 1.807) is 37.3 Å². The number of halogens is 4. The van der Waals surface area contributed by atoms with Gasteiger partial charge in [0.2, 0.25) is 0 Å². The summed E-state index contributed by atoms with van der Waals surface area (Å²) in [6, 6.07) is 17.8. The van der Waals surface area contributed by atoms with Gasteiger partial charge in [0.05, 0.1) is 0 Å². The summed E-state index contributed by atoms with van der Waals surface area (Å²) in [7, 11) is 0. The average Bonchev–Trinajstić information content (AvgIpc) is 2.85. The van der Waals surface area contributed by atoms with E-state index in [2.05, 4.69) is 6.92 Å². The highest BCUT2D eigenvalue weighted by atomic mass is 19.2. The maximum atomic E-state index is 15.0. The Hall–Kier alpha value is -3.14. The first-order valence-electron chi connectivity index (χ1n) is 11.8. The van der Waals surface area contributed by atoms with Crippen LogP contribution >= 0.6 is 0 Å². The quantitative estimate of drug-likeness (QED) is 0.306. The van der Waals surface area contributed by atoms with Crippen molar-refractivity contribution in [3.8, 4) is 22.3 Å². The number of hydrogen-bond acceptors (Lipinski definition) is 0. The Labute approximate surface area is 198 Å². The third-order valence-corrected chi connectivity index (χ3v) is 6.48. The average molecular weight is 465 g/mol. The van der Waals surface area contributed by atoms with Crippen molar-refractivity contribution < 1.29 is 17.6 Å². The van der Waals surface area contributed by atoms with Gasteiger partial charge in [0, 0.05) is 17.0 Å². The lowest BCUT2D eigenvalue weighted by Crippen LogP contribution is -2.05. The number of benzene rings is 3. The third kappa shape index (κ3) is 5.01. The van der Waals surface area contributed by atoms with Crippen LogP contribution in [0.2, 0.25) is 0 Å². The molecule has 0 aromatic heterocycles. The summed E-state index contributed by atoms with van der Waals surface area (Å²) < 4.78 is 57.9. The van der Waals surface area contributed by atoms with Gasteiger partial charge in [0.15, 0.2) is 17.5 Å². The summed E-state index contributed by atoms with van der Waals surface area (Å²) >= 11 is 0. The van der Waals surface area contributed by atoms with E-state index in [1.807, 2.05) is 36.4 Å². The Bertz CT molecular complexity index is 1220. The van der Waals surface area contributed by atoms with Gasteiger partial charge in [-0.2, -0.15) is 0 Å². The van der Waals surface area contributed by atoms with Gasteiger partial charge in [0.25, 0.3) is 0 Å². The molecule has 1 aliphatic carbocycles. The standard InChI is InChI=1S/C30H28F4/c1-3-4-20-6-12-22(13-7-20)25-17-18-26(30(34)29(25)33)23-14-8-21(9-15-23)10-16-24-11-5-19(2)27(31)28(24)32/h6-9,11-15,17-19H,3-5,10,16H2,1-2H3. The smallest absolute Gasteiger partial charge is 0.167 e. The molecule has 34 heavy (non-hydrogen) atoms. The minimum Gasteiger partial charge on any atom is -0.208 e. The molecule has 0 spiro atoms. The fourth-order valence-electron chi connectivity index (χ4n) is 4.36. The maximum absolute atomic E-state index is 15.0. The second-order valence-corrected chi connectivity index (χ2v) is 8.96. The van der Waals surface area contributed by atoms with Crippen LogP contribution < -0.4 is 0 Å². The SMILES string of the molecule is CCCc1ccc(-c2ccc(-c3ccc(CCC4=CCC(C)C(F)=C4F)cc3)c(F)c2F)cc1. The van der Waals surface area contributed by atoms with Crippen LogP contribution in [0.1, 0.15) is 44.2 Å². The van der Waals surface area contributed by atoms with E-state index in [9.17, 15) is 17.6 Å². The Morgan fingerprint density at radius 1 is 0.676 bits per heavy atom. The van der Waals surface area contributed by atoms with Gasteiger partial charge in [-0.15, -0.1) is 0 Å². The van der Waals surface area contributed by atoms with Gasteiger partial charge < -0.3 is 0 Å². The highest BCUT2D eigenvalue weighted by molar-refractivity contribution is 5.72. The molecule has 1 atom stereocenters. The normalized spacial score (nSPS) is 16.1. The molecule has 0 fully saturated rings. The van der Waals surface area contributed by atoms with Crippen LogP contribution in [0.5, 0.6) is 0 Å². The van der Waals surface area contributed by atoms with Crippen molar-refractivity contribution in [2.45, 2.75) is 46.0 Å². The van der Waals surface area contributed by atoms with Gasteiger partial charge in [-0.3, -0.25) is 0 Å². The van der Waals surface area contributed by atoms with Gasteiger partial charge in [0.1, 0.15) is 5.83 Å². The summed E-state index contributed by atoms with van der Waals surface area (Å²) in [6.07, 6.45) is 5.15. The first-order valence-corrected chi connectivity index (χ1v) is 11.8. The molecular formula is C30H28F4. The summed E-state index contributed by atoms with van der Waals surface area (Å²) in [4.78, 5) is 0. The van der Waals surface area contributed by atoms with Crippen LogP contribution in [0.4, 0.5) is 17.6 Å². The minimum absolute atomic E-state index is 0.190. The maximum Gasteiger partial charge on any atom is 0.167 e. The number of allylic oxidation sites excluding steroid dienone is 4. The van der Waals surface area contributed by atoms with E-state index in [1.165, 1.54) is 5.56 Å². The Kier molecular flexibility index (Phi) is 7.35. The lowest BCUT2D eigenvalue weighted by Gasteiger charge is -2.16. The van der Waals surface area contributed by atoms with Crippen LogP contribution in [0.3, 0.4) is 0 Å². The predicted octanol–water partition coefficient (Wildman–Crippen LogP) is 9.30. The molecular weight excluding hydrogens is 436 g/mol. The predicted molar refractivity (Wildman–Crippen MR) is 131 cm³/mol. The van der Waals surface area contributed by atoms with Crippen molar-refractivity contribution in [1.82, 2.24) is 0 Å². The Balaban J connectivity index is 1.49. The van der Waals surface area contributed by atoms with Crippen molar-refractivity contribution >= 4 is 0 Å². The first-order chi connectivity index (χ1) is 16.4. The zero-order valence-corrected chi connectivity index (χ0v) is 19.5. The monoisotopic (exact) mass is 464 g/mol. The molecule has 0 amide bonds. The number of hydrogen-bond donors (Lipinski definition) is 0. The molecule has 0 nitrogen and oxygen atoms in total. The summed E-state index contributed by atoms with van der Waals surface area (Å²) in [6.45, 7) is 3.76. The lowest BCUT2D eigenvalue weighted by atomic mass is 9.92.